The van der Waals surface area contributed by atoms with Crippen LogP contribution in [0.5, 0.6) is 0 Å². The predicted molar refractivity (Wildman–Crippen MR) is 84.1 cm³/mol. The number of carbonyl (C=O) groups is 1. The van der Waals surface area contributed by atoms with Crippen LogP contribution in [0.2, 0.25) is 0 Å². The topological polar surface area (TPSA) is 67.6 Å². The minimum Gasteiger partial charge on any atom is -0.377 e. The van der Waals surface area contributed by atoms with Crippen LogP contribution in [0.4, 0.5) is 0 Å². The number of rotatable bonds is 6. The number of ether oxygens (including phenoxy) is 1. The minimum absolute atomic E-state index is 0.0709. The minimum atomic E-state index is -0.595. The number of nitrogens with two attached hydrogens (primary N) is 1. The number of likely N-dealkylation sites (tertiary alicyclic amines) is 1. The van der Waals surface area contributed by atoms with Gasteiger partial charge < -0.3 is 20.7 Å². The lowest BCUT2D eigenvalue weighted by Crippen LogP contribution is -2.56. The molecule has 2 aliphatic rings. The van der Waals surface area contributed by atoms with E-state index in [1.807, 2.05) is 0 Å². The lowest BCUT2D eigenvalue weighted by Gasteiger charge is -2.34. The molecule has 1 saturated carbocycles. The fourth-order valence-electron chi connectivity index (χ4n) is 3.28. The average molecular weight is 297 g/mol. The molecule has 0 aromatic heterocycles. The molecule has 0 aromatic carbocycles. The Morgan fingerprint density at radius 3 is 2.52 bits per heavy atom. The van der Waals surface area contributed by atoms with Crippen molar-refractivity contribution >= 4 is 5.91 Å². The van der Waals surface area contributed by atoms with E-state index in [2.05, 4.69) is 24.1 Å². The molecule has 21 heavy (non-hydrogen) atoms. The number of hydrogen-bond donors (Lipinski definition) is 2. The molecule has 0 atom stereocenters. The van der Waals surface area contributed by atoms with Crippen molar-refractivity contribution in [3.8, 4) is 0 Å². The second-order valence-electron chi connectivity index (χ2n) is 6.87. The number of hydrogen-bond acceptors (Lipinski definition) is 4. The van der Waals surface area contributed by atoms with E-state index in [-0.39, 0.29) is 5.91 Å². The van der Waals surface area contributed by atoms with Gasteiger partial charge in [-0.3, -0.25) is 4.79 Å². The second kappa shape index (κ2) is 7.56. The van der Waals surface area contributed by atoms with Gasteiger partial charge >= 0.3 is 0 Å². The Balaban J connectivity index is 1.66. The summed E-state index contributed by atoms with van der Waals surface area (Å²) in [5, 5.41) is 3.17. The summed E-state index contributed by atoms with van der Waals surface area (Å²) in [6.07, 6.45) is 6.17. The summed E-state index contributed by atoms with van der Waals surface area (Å²) in [5.41, 5.74) is 5.61. The van der Waals surface area contributed by atoms with Crippen LogP contribution < -0.4 is 11.1 Å². The zero-order chi connectivity index (χ0) is 15.3. The van der Waals surface area contributed by atoms with Gasteiger partial charge in [-0.15, -0.1) is 0 Å². The maximum atomic E-state index is 12.3. The van der Waals surface area contributed by atoms with E-state index < -0.39 is 5.54 Å². The number of nitrogens with one attached hydrogen (secondary N) is 1. The van der Waals surface area contributed by atoms with E-state index in [1.165, 1.54) is 0 Å². The first-order chi connectivity index (χ1) is 9.99. The molecule has 1 aliphatic heterocycles. The third kappa shape index (κ3) is 4.94. The van der Waals surface area contributed by atoms with Gasteiger partial charge in [-0.2, -0.15) is 0 Å². The molecule has 2 fully saturated rings. The summed E-state index contributed by atoms with van der Waals surface area (Å²) in [7, 11) is 0. The van der Waals surface area contributed by atoms with Crippen molar-refractivity contribution in [2.45, 2.75) is 70.1 Å². The Bertz CT molecular complexity index is 332. The van der Waals surface area contributed by atoms with E-state index in [9.17, 15) is 4.79 Å². The summed E-state index contributed by atoms with van der Waals surface area (Å²) >= 11 is 0. The van der Waals surface area contributed by atoms with Crippen molar-refractivity contribution in [3.05, 3.63) is 0 Å². The molecular formula is C16H31N3O2. The Labute approximate surface area is 128 Å². The highest BCUT2D eigenvalue weighted by molar-refractivity contribution is 5.86. The van der Waals surface area contributed by atoms with Crippen LogP contribution in [0, 0.1) is 0 Å². The molecule has 1 aliphatic carbocycles. The van der Waals surface area contributed by atoms with Gasteiger partial charge in [-0.25, -0.2) is 0 Å². The van der Waals surface area contributed by atoms with Gasteiger partial charge in [0, 0.05) is 25.7 Å². The van der Waals surface area contributed by atoms with Crippen LogP contribution in [0.3, 0.4) is 0 Å². The maximum absolute atomic E-state index is 12.3. The molecule has 5 heteroatoms. The largest absolute Gasteiger partial charge is 0.377 e. The number of nitrogens with zero attached hydrogens (tertiary/aromatic N) is 1. The van der Waals surface area contributed by atoms with Crippen molar-refractivity contribution in [2.75, 3.05) is 26.2 Å². The van der Waals surface area contributed by atoms with Crippen LogP contribution >= 0.6 is 0 Å². The molecule has 1 saturated heterocycles. The highest BCUT2D eigenvalue weighted by Gasteiger charge is 2.38. The third-order valence-electron chi connectivity index (χ3n) is 4.73. The molecular weight excluding hydrogens is 266 g/mol. The van der Waals surface area contributed by atoms with Crippen molar-refractivity contribution < 1.29 is 9.53 Å². The van der Waals surface area contributed by atoms with Gasteiger partial charge in [0.25, 0.3) is 0 Å². The average Bonchev–Trinajstić information content (AvgIpc) is 2.89. The fourth-order valence-corrected chi connectivity index (χ4v) is 3.28. The lowest BCUT2D eigenvalue weighted by molar-refractivity contribution is -0.127. The molecule has 0 aromatic rings. The first-order valence-corrected chi connectivity index (χ1v) is 8.43. The smallest absolute Gasteiger partial charge is 0.240 e. The maximum Gasteiger partial charge on any atom is 0.240 e. The molecule has 5 nitrogen and oxygen atoms in total. The van der Waals surface area contributed by atoms with Crippen LogP contribution in [-0.4, -0.2) is 54.7 Å². The molecule has 3 N–H and O–H groups in total. The molecule has 1 heterocycles. The van der Waals surface area contributed by atoms with Crippen LogP contribution in [0.1, 0.15) is 52.4 Å². The summed E-state index contributed by atoms with van der Waals surface area (Å²) in [6.45, 7) is 7.97. The number of carbonyl (C=O) groups excluding carboxylic acids is 1. The Hall–Kier alpha value is -0.650. The van der Waals surface area contributed by atoms with Crippen molar-refractivity contribution in [3.63, 3.8) is 0 Å². The summed E-state index contributed by atoms with van der Waals surface area (Å²) in [6, 6.07) is 0.292. The zero-order valence-corrected chi connectivity index (χ0v) is 13.6. The van der Waals surface area contributed by atoms with Gasteiger partial charge in [0.05, 0.1) is 18.2 Å². The Morgan fingerprint density at radius 1 is 1.33 bits per heavy atom. The SMILES string of the molecule is CC(C)OCCN1CCC(NC(=O)C2(N)CCCC2)CC1. The molecule has 122 valence electrons. The second-order valence-corrected chi connectivity index (χ2v) is 6.87. The van der Waals surface area contributed by atoms with E-state index in [4.69, 9.17) is 10.5 Å². The normalized spacial score (nSPS) is 23.6. The van der Waals surface area contributed by atoms with Gasteiger partial charge in [0.1, 0.15) is 0 Å². The van der Waals surface area contributed by atoms with E-state index >= 15 is 0 Å². The van der Waals surface area contributed by atoms with E-state index in [1.54, 1.807) is 0 Å². The first kappa shape index (κ1) is 16.7. The Morgan fingerprint density at radius 2 is 1.95 bits per heavy atom. The lowest BCUT2D eigenvalue weighted by atomic mass is 9.96. The molecule has 0 spiro atoms. The van der Waals surface area contributed by atoms with Crippen LogP contribution in [0.25, 0.3) is 0 Å². The van der Waals surface area contributed by atoms with Gasteiger partial charge in [-0.05, 0) is 39.5 Å². The van der Waals surface area contributed by atoms with Crippen molar-refractivity contribution in [1.29, 1.82) is 0 Å². The number of amides is 1. The molecule has 1 amide bonds. The summed E-state index contributed by atoms with van der Waals surface area (Å²) in [5.74, 6) is 0.0709. The molecule has 2 rings (SSSR count). The zero-order valence-electron chi connectivity index (χ0n) is 13.6. The van der Waals surface area contributed by atoms with Crippen LogP contribution in [-0.2, 0) is 9.53 Å². The first-order valence-electron chi connectivity index (χ1n) is 8.43. The van der Waals surface area contributed by atoms with Crippen molar-refractivity contribution in [2.24, 2.45) is 5.73 Å². The number of piperidine rings is 1. The van der Waals surface area contributed by atoms with E-state index in [0.29, 0.717) is 12.1 Å². The highest BCUT2D eigenvalue weighted by atomic mass is 16.5. The van der Waals surface area contributed by atoms with Crippen molar-refractivity contribution in [1.82, 2.24) is 10.2 Å². The van der Waals surface area contributed by atoms with E-state index in [0.717, 1.165) is 64.8 Å². The standard InChI is InChI=1S/C16H31N3O2/c1-13(2)21-12-11-19-9-5-14(6-10-19)18-15(20)16(17)7-3-4-8-16/h13-14H,3-12,17H2,1-2H3,(H,18,20). The summed E-state index contributed by atoms with van der Waals surface area (Å²) in [4.78, 5) is 14.7. The van der Waals surface area contributed by atoms with Gasteiger partial charge in [-0.1, -0.05) is 12.8 Å². The molecule has 0 bridgehead atoms. The fraction of sp³-hybridized carbons (Fsp3) is 0.938. The Kier molecular flexibility index (Phi) is 6.02. The predicted octanol–water partition coefficient (Wildman–Crippen LogP) is 1.26. The van der Waals surface area contributed by atoms with Gasteiger partial charge in [0.2, 0.25) is 5.91 Å². The summed E-state index contributed by atoms with van der Waals surface area (Å²) < 4.78 is 5.59. The monoisotopic (exact) mass is 297 g/mol. The molecule has 0 unspecified atom stereocenters. The van der Waals surface area contributed by atoms with Crippen LogP contribution in [0.15, 0.2) is 0 Å². The molecule has 0 radical (unpaired) electrons. The van der Waals surface area contributed by atoms with Gasteiger partial charge in [0.15, 0.2) is 0 Å². The quantitative estimate of drug-likeness (QED) is 0.774. The third-order valence-corrected chi connectivity index (χ3v) is 4.73. The highest BCUT2D eigenvalue weighted by Crippen LogP contribution is 2.27.